The number of nitrogens with zero attached hydrogens (tertiary/aromatic N) is 3. The SMILES string of the molecule is COc1cccc(CC(=O)N2CC[C@@H]3[C@@H](COCCN3Cc3cccnc3)C2)c1. The second-order valence-corrected chi connectivity index (χ2v) is 7.89. The normalized spacial score (nSPS) is 22.6. The number of carbonyl (C=O) groups excluding carboxylic acids is 1. The van der Waals surface area contributed by atoms with Crippen molar-refractivity contribution >= 4 is 5.91 Å². The fraction of sp³-hybridized carbons (Fsp3) is 0.478. The molecule has 2 saturated heterocycles. The Bertz CT molecular complexity index is 814. The molecule has 2 aromatic rings. The molecule has 2 aliphatic heterocycles. The molecule has 0 bridgehead atoms. The van der Waals surface area contributed by atoms with E-state index in [2.05, 4.69) is 16.0 Å². The third kappa shape index (κ3) is 4.95. The summed E-state index contributed by atoms with van der Waals surface area (Å²) < 4.78 is 11.2. The van der Waals surface area contributed by atoms with Gasteiger partial charge in [-0.25, -0.2) is 0 Å². The fourth-order valence-electron chi connectivity index (χ4n) is 4.46. The van der Waals surface area contributed by atoms with Crippen LogP contribution in [0.15, 0.2) is 48.8 Å². The topological polar surface area (TPSA) is 54.9 Å². The van der Waals surface area contributed by atoms with Crippen LogP contribution in [0.5, 0.6) is 5.75 Å². The third-order valence-corrected chi connectivity index (χ3v) is 5.97. The largest absolute Gasteiger partial charge is 0.497 e. The zero-order valence-corrected chi connectivity index (χ0v) is 17.0. The molecule has 6 nitrogen and oxygen atoms in total. The van der Waals surface area contributed by atoms with Crippen LogP contribution in [0.1, 0.15) is 17.5 Å². The number of hydrogen-bond donors (Lipinski definition) is 0. The average Bonchev–Trinajstić information content (AvgIpc) is 2.96. The van der Waals surface area contributed by atoms with Crippen LogP contribution < -0.4 is 4.74 Å². The molecule has 3 heterocycles. The molecular formula is C23H29N3O3. The van der Waals surface area contributed by atoms with Crippen molar-refractivity contribution in [3.8, 4) is 5.75 Å². The first-order valence-electron chi connectivity index (χ1n) is 10.3. The summed E-state index contributed by atoms with van der Waals surface area (Å²) in [5, 5.41) is 0. The van der Waals surface area contributed by atoms with E-state index in [1.165, 1.54) is 5.56 Å². The number of piperidine rings is 1. The second kappa shape index (κ2) is 9.37. The Hall–Kier alpha value is -2.44. The van der Waals surface area contributed by atoms with Gasteiger partial charge in [-0.05, 0) is 35.7 Å². The van der Waals surface area contributed by atoms with Gasteiger partial charge in [-0.15, -0.1) is 0 Å². The average molecular weight is 396 g/mol. The summed E-state index contributed by atoms with van der Waals surface area (Å²) in [4.78, 5) is 21.7. The van der Waals surface area contributed by atoms with E-state index in [1.54, 1.807) is 7.11 Å². The molecule has 0 N–H and O–H groups in total. The highest BCUT2D eigenvalue weighted by molar-refractivity contribution is 5.79. The van der Waals surface area contributed by atoms with Crippen molar-refractivity contribution in [1.82, 2.24) is 14.8 Å². The Morgan fingerprint density at radius 2 is 2.14 bits per heavy atom. The monoisotopic (exact) mass is 395 g/mol. The van der Waals surface area contributed by atoms with E-state index in [0.29, 0.717) is 18.4 Å². The van der Waals surface area contributed by atoms with Crippen LogP contribution in [0, 0.1) is 5.92 Å². The zero-order valence-electron chi connectivity index (χ0n) is 17.0. The van der Waals surface area contributed by atoms with Gasteiger partial charge in [0.1, 0.15) is 5.75 Å². The van der Waals surface area contributed by atoms with E-state index in [0.717, 1.165) is 57.1 Å². The molecule has 2 aliphatic rings. The Kier molecular flexibility index (Phi) is 6.42. The van der Waals surface area contributed by atoms with Crippen LogP contribution in [0.2, 0.25) is 0 Å². The van der Waals surface area contributed by atoms with Crippen LogP contribution in [-0.4, -0.2) is 66.7 Å². The number of ether oxygens (including phenoxy) is 2. The third-order valence-electron chi connectivity index (χ3n) is 5.97. The number of fused-ring (bicyclic) bond motifs is 1. The molecule has 1 aromatic heterocycles. The number of aromatic nitrogens is 1. The molecule has 4 rings (SSSR count). The smallest absolute Gasteiger partial charge is 0.227 e. The Morgan fingerprint density at radius 1 is 1.24 bits per heavy atom. The fourth-order valence-corrected chi connectivity index (χ4v) is 4.46. The molecular weight excluding hydrogens is 366 g/mol. The lowest BCUT2D eigenvalue weighted by Gasteiger charge is -2.42. The minimum Gasteiger partial charge on any atom is -0.497 e. The van der Waals surface area contributed by atoms with Crippen LogP contribution >= 0.6 is 0 Å². The summed E-state index contributed by atoms with van der Waals surface area (Å²) in [6, 6.07) is 12.3. The number of likely N-dealkylation sites (tertiary alicyclic amines) is 1. The summed E-state index contributed by atoms with van der Waals surface area (Å²) in [5.41, 5.74) is 2.22. The Labute approximate surface area is 172 Å². The van der Waals surface area contributed by atoms with Gasteiger partial charge in [0.25, 0.3) is 0 Å². The molecule has 0 unspecified atom stereocenters. The van der Waals surface area contributed by atoms with Crippen LogP contribution in [0.3, 0.4) is 0 Å². The predicted octanol–water partition coefficient (Wildman–Crippen LogP) is 2.38. The van der Waals surface area contributed by atoms with Crippen molar-refractivity contribution < 1.29 is 14.3 Å². The van der Waals surface area contributed by atoms with Gasteiger partial charge in [-0.3, -0.25) is 14.7 Å². The molecule has 0 spiro atoms. The van der Waals surface area contributed by atoms with Gasteiger partial charge in [0.05, 0.1) is 26.7 Å². The molecule has 154 valence electrons. The lowest BCUT2D eigenvalue weighted by molar-refractivity contribution is -0.133. The van der Waals surface area contributed by atoms with Gasteiger partial charge < -0.3 is 14.4 Å². The number of carbonyl (C=O) groups is 1. The quantitative estimate of drug-likeness (QED) is 0.778. The van der Waals surface area contributed by atoms with E-state index >= 15 is 0 Å². The molecule has 29 heavy (non-hydrogen) atoms. The van der Waals surface area contributed by atoms with E-state index in [-0.39, 0.29) is 5.91 Å². The van der Waals surface area contributed by atoms with Gasteiger partial charge in [0.15, 0.2) is 0 Å². The minimum atomic E-state index is 0.180. The summed E-state index contributed by atoms with van der Waals surface area (Å²) in [6.07, 6.45) is 5.14. The van der Waals surface area contributed by atoms with Crippen LogP contribution in [-0.2, 0) is 22.5 Å². The molecule has 0 radical (unpaired) electrons. The first-order chi connectivity index (χ1) is 14.2. The van der Waals surface area contributed by atoms with Gasteiger partial charge in [-0.2, -0.15) is 0 Å². The van der Waals surface area contributed by atoms with Crippen molar-refractivity contribution in [1.29, 1.82) is 0 Å². The molecule has 6 heteroatoms. The highest BCUT2D eigenvalue weighted by Gasteiger charge is 2.36. The molecule has 2 fully saturated rings. The molecule has 0 aliphatic carbocycles. The highest BCUT2D eigenvalue weighted by Crippen LogP contribution is 2.27. The van der Waals surface area contributed by atoms with Gasteiger partial charge in [-0.1, -0.05) is 18.2 Å². The highest BCUT2D eigenvalue weighted by atomic mass is 16.5. The zero-order chi connectivity index (χ0) is 20.1. The van der Waals surface area contributed by atoms with E-state index in [9.17, 15) is 4.79 Å². The second-order valence-electron chi connectivity index (χ2n) is 7.89. The molecule has 2 atom stereocenters. The first-order valence-corrected chi connectivity index (χ1v) is 10.3. The predicted molar refractivity (Wildman–Crippen MR) is 111 cm³/mol. The lowest BCUT2D eigenvalue weighted by Crippen LogP contribution is -2.52. The Balaban J connectivity index is 1.39. The summed E-state index contributed by atoms with van der Waals surface area (Å²) >= 11 is 0. The first kappa shape index (κ1) is 19.9. The van der Waals surface area contributed by atoms with Crippen LogP contribution in [0.25, 0.3) is 0 Å². The Morgan fingerprint density at radius 3 is 2.97 bits per heavy atom. The summed E-state index contributed by atoms with van der Waals surface area (Å²) in [6.45, 7) is 4.83. The molecule has 0 saturated carbocycles. The van der Waals surface area contributed by atoms with Crippen molar-refractivity contribution in [3.05, 3.63) is 59.9 Å². The molecule has 1 amide bonds. The number of pyridine rings is 1. The number of amides is 1. The van der Waals surface area contributed by atoms with Crippen LogP contribution in [0.4, 0.5) is 0 Å². The summed E-state index contributed by atoms with van der Waals surface area (Å²) in [7, 11) is 1.65. The maximum Gasteiger partial charge on any atom is 0.227 e. The maximum absolute atomic E-state index is 12.9. The number of hydrogen-bond acceptors (Lipinski definition) is 5. The lowest BCUT2D eigenvalue weighted by atomic mass is 9.90. The van der Waals surface area contributed by atoms with E-state index in [1.807, 2.05) is 47.6 Å². The molecule has 1 aromatic carbocycles. The standard InChI is InChI=1S/C23H29N3O3/c1-28-21-6-2-4-18(12-21)13-23(27)26-9-7-22-20(16-26)17-29-11-10-25(22)15-19-5-3-8-24-14-19/h2-6,8,12,14,20,22H,7,9-11,13,15-17H2,1H3/t20-,22-/m1/s1. The van der Waals surface area contributed by atoms with Gasteiger partial charge in [0, 0.05) is 50.5 Å². The number of benzene rings is 1. The summed E-state index contributed by atoms with van der Waals surface area (Å²) in [5.74, 6) is 1.31. The number of rotatable bonds is 5. The van der Waals surface area contributed by atoms with Gasteiger partial charge in [0.2, 0.25) is 5.91 Å². The van der Waals surface area contributed by atoms with Crippen molar-refractivity contribution in [2.75, 3.05) is 40.0 Å². The minimum absolute atomic E-state index is 0.180. The van der Waals surface area contributed by atoms with Crippen molar-refractivity contribution in [2.24, 2.45) is 5.92 Å². The van der Waals surface area contributed by atoms with Gasteiger partial charge >= 0.3 is 0 Å². The maximum atomic E-state index is 12.9. The van der Waals surface area contributed by atoms with E-state index < -0.39 is 0 Å². The van der Waals surface area contributed by atoms with Crippen molar-refractivity contribution in [2.45, 2.75) is 25.4 Å². The van der Waals surface area contributed by atoms with Crippen molar-refractivity contribution in [3.63, 3.8) is 0 Å². The number of methoxy groups -OCH3 is 1. The van der Waals surface area contributed by atoms with E-state index in [4.69, 9.17) is 9.47 Å².